The smallest absolute Gasteiger partial charge is 0.253 e. The average Bonchev–Trinajstić information content (AvgIpc) is 3.02. The Kier molecular flexibility index (Phi) is 8.24. The molecule has 43 heavy (non-hydrogen) atoms. The van der Waals surface area contributed by atoms with Crippen LogP contribution in [-0.2, 0) is 6.54 Å². The van der Waals surface area contributed by atoms with Crippen LogP contribution < -0.4 is 16.0 Å². The van der Waals surface area contributed by atoms with Crippen LogP contribution in [0.4, 0.5) is 27.5 Å². The Morgan fingerprint density at radius 3 is 2.47 bits per heavy atom. The molecule has 6 rings (SSSR count). The number of rotatable bonds is 8. The Morgan fingerprint density at radius 2 is 1.67 bits per heavy atom. The molecule has 3 aromatic carbocycles. The number of piperidine rings is 1. The first-order valence-electron chi connectivity index (χ1n) is 14.5. The fourth-order valence-electron chi connectivity index (χ4n) is 5.30. The van der Waals surface area contributed by atoms with Gasteiger partial charge in [0.2, 0.25) is 5.95 Å². The Hall–Kier alpha value is -4.89. The molecule has 0 radical (unpaired) electrons. The summed E-state index contributed by atoms with van der Waals surface area (Å²) in [6, 6.07) is 24.9. The third kappa shape index (κ3) is 6.95. The zero-order valence-electron chi connectivity index (χ0n) is 24.3. The maximum absolute atomic E-state index is 13.6. The Balaban J connectivity index is 0.991. The van der Waals surface area contributed by atoms with Gasteiger partial charge in [0.25, 0.3) is 5.91 Å². The summed E-state index contributed by atoms with van der Waals surface area (Å²) in [6.07, 6.45) is 3.47. The van der Waals surface area contributed by atoms with Gasteiger partial charge in [-0.15, -0.1) is 0 Å². The summed E-state index contributed by atoms with van der Waals surface area (Å²) in [5, 5.41) is 11.2. The summed E-state index contributed by atoms with van der Waals surface area (Å²) >= 11 is 0. The van der Waals surface area contributed by atoms with Gasteiger partial charge in [-0.05, 0) is 105 Å². The van der Waals surface area contributed by atoms with Gasteiger partial charge in [-0.1, -0.05) is 12.1 Å². The highest BCUT2D eigenvalue weighted by Crippen LogP contribution is 2.22. The van der Waals surface area contributed by atoms with E-state index >= 15 is 0 Å². The monoisotopic (exact) mass is 575 g/mol. The van der Waals surface area contributed by atoms with Gasteiger partial charge < -0.3 is 20.9 Å². The van der Waals surface area contributed by atoms with Crippen molar-refractivity contribution in [3.05, 3.63) is 113 Å². The lowest BCUT2D eigenvalue weighted by Gasteiger charge is -2.32. The lowest BCUT2D eigenvalue weighted by atomic mass is 10.0. The quantitative estimate of drug-likeness (QED) is 0.190. The van der Waals surface area contributed by atoms with Crippen molar-refractivity contribution < 1.29 is 9.18 Å². The molecule has 1 fully saturated rings. The first kappa shape index (κ1) is 28.2. The molecule has 3 N–H and O–H groups in total. The van der Waals surface area contributed by atoms with E-state index in [-0.39, 0.29) is 11.7 Å². The van der Waals surface area contributed by atoms with E-state index in [1.165, 1.54) is 11.6 Å². The third-order valence-electron chi connectivity index (χ3n) is 7.74. The van der Waals surface area contributed by atoms with Crippen molar-refractivity contribution in [3.63, 3.8) is 0 Å². The van der Waals surface area contributed by atoms with E-state index in [1.54, 1.807) is 31.3 Å². The normalized spacial score (nSPS) is 13.7. The molecule has 1 saturated heterocycles. The van der Waals surface area contributed by atoms with Gasteiger partial charge in [0.1, 0.15) is 11.6 Å². The van der Waals surface area contributed by atoms with Gasteiger partial charge in [0.15, 0.2) is 0 Å². The molecular weight excluding hydrogens is 541 g/mol. The number of carbonyl (C=O) groups excluding carboxylic acids is 1. The second-order valence-electron chi connectivity index (χ2n) is 11.0. The van der Waals surface area contributed by atoms with Crippen molar-refractivity contribution in [1.29, 1.82) is 0 Å². The van der Waals surface area contributed by atoms with Crippen molar-refractivity contribution in [2.75, 3.05) is 23.7 Å². The number of benzene rings is 3. The molecule has 8 nitrogen and oxygen atoms in total. The highest BCUT2D eigenvalue weighted by Gasteiger charge is 2.23. The van der Waals surface area contributed by atoms with E-state index in [2.05, 4.69) is 55.2 Å². The van der Waals surface area contributed by atoms with Crippen molar-refractivity contribution in [3.8, 4) is 0 Å². The second-order valence-corrected chi connectivity index (χ2v) is 11.0. The molecule has 1 aliphatic heterocycles. The second kappa shape index (κ2) is 12.5. The van der Waals surface area contributed by atoms with Gasteiger partial charge in [-0.25, -0.2) is 9.37 Å². The molecular formula is C34H34FN7O. The number of aryl methyl sites for hydroxylation is 2. The van der Waals surface area contributed by atoms with E-state index in [0.29, 0.717) is 28.9 Å². The van der Waals surface area contributed by atoms with Gasteiger partial charge >= 0.3 is 0 Å². The summed E-state index contributed by atoms with van der Waals surface area (Å²) in [4.78, 5) is 28.5. The third-order valence-corrected chi connectivity index (χ3v) is 7.74. The molecule has 0 saturated carbocycles. The minimum atomic E-state index is -0.250. The van der Waals surface area contributed by atoms with Crippen molar-refractivity contribution in [1.82, 2.24) is 25.2 Å². The number of amides is 1. The summed E-state index contributed by atoms with van der Waals surface area (Å²) in [6.45, 7) is 5.96. The first-order valence-corrected chi connectivity index (χ1v) is 14.5. The molecule has 2 aromatic heterocycles. The molecule has 0 aliphatic carbocycles. The molecule has 0 unspecified atom stereocenters. The van der Waals surface area contributed by atoms with E-state index in [1.807, 2.05) is 42.2 Å². The topological polar surface area (TPSA) is 95.1 Å². The summed E-state index contributed by atoms with van der Waals surface area (Å²) < 4.78 is 13.6. The summed E-state index contributed by atoms with van der Waals surface area (Å²) in [7, 11) is 0. The van der Waals surface area contributed by atoms with Crippen LogP contribution in [0.25, 0.3) is 10.9 Å². The number of carbonyl (C=O) groups is 1. The van der Waals surface area contributed by atoms with Crippen LogP contribution in [0.1, 0.15) is 40.0 Å². The maximum atomic E-state index is 13.6. The zero-order valence-corrected chi connectivity index (χ0v) is 24.3. The van der Waals surface area contributed by atoms with Crippen LogP contribution in [0.5, 0.6) is 0 Å². The van der Waals surface area contributed by atoms with Crippen LogP contribution in [0.3, 0.4) is 0 Å². The Bertz CT molecular complexity index is 1750. The standard InChI is InChI=1S/C34H34FN7O/c1-22-19-29(10-11-30(22)35)39-32-13-16-36-34(41-32)40-28-8-6-25(7-9-28)33(43)42-17-14-27(15-18-42)37-21-24-4-12-31-26(20-24)5-3-23(2)38-31/h3-13,16,19-20,27,37H,14-15,17-18,21H2,1-2H3,(H2,36,39,40,41). The van der Waals surface area contributed by atoms with E-state index in [0.717, 1.165) is 60.4 Å². The van der Waals surface area contributed by atoms with Gasteiger partial charge in [-0.2, -0.15) is 4.98 Å². The van der Waals surface area contributed by atoms with Crippen LogP contribution in [0.15, 0.2) is 85.1 Å². The fraction of sp³-hybridized carbons (Fsp3) is 0.235. The SMILES string of the molecule is Cc1ccc2cc(CNC3CCN(C(=O)c4ccc(Nc5nccc(Nc6ccc(F)c(C)c6)n5)cc4)CC3)ccc2n1. The maximum Gasteiger partial charge on any atom is 0.253 e. The lowest BCUT2D eigenvalue weighted by Crippen LogP contribution is -2.44. The molecule has 9 heteroatoms. The minimum Gasteiger partial charge on any atom is -0.340 e. The van der Waals surface area contributed by atoms with Crippen LogP contribution in [0, 0.1) is 19.7 Å². The first-order chi connectivity index (χ1) is 20.9. The number of hydrogen-bond acceptors (Lipinski definition) is 7. The largest absolute Gasteiger partial charge is 0.340 e. The number of aromatic nitrogens is 3. The fourth-order valence-corrected chi connectivity index (χ4v) is 5.30. The average molecular weight is 576 g/mol. The van der Waals surface area contributed by atoms with Crippen molar-refractivity contribution >= 4 is 40.0 Å². The molecule has 0 atom stereocenters. The van der Waals surface area contributed by atoms with Gasteiger partial charge in [0.05, 0.1) is 5.52 Å². The summed E-state index contributed by atoms with van der Waals surface area (Å²) in [5.74, 6) is 0.783. The number of nitrogens with one attached hydrogen (secondary N) is 3. The van der Waals surface area contributed by atoms with Crippen LogP contribution in [0.2, 0.25) is 0 Å². The number of halogens is 1. The number of nitrogens with zero attached hydrogens (tertiary/aromatic N) is 4. The van der Waals surface area contributed by atoms with Crippen LogP contribution in [-0.4, -0.2) is 44.9 Å². The number of pyridine rings is 1. The minimum absolute atomic E-state index is 0.0411. The predicted octanol–water partition coefficient (Wildman–Crippen LogP) is 6.66. The number of fused-ring (bicyclic) bond motifs is 1. The van der Waals surface area contributed by atoms with Gasteiger partial charge in [0, 0.05) is 59.9 Å². The van der Waals surface area contributed by atoms with E-state index in [9.17, 15) is 9.18 Å². The Morgan fingerprint density at radius 1 is 0.884 bits per heavy atom. The molecule has 218 valence electrons. The number of anilines is 4. The lowest BCUT2D eigenvalue weighted by molar-refractivity contribution is 0.0704. The van der Waals surface area contributed by atoms with Crippen molar-refractivity contribution in [2.24, 2.45) is 0 Å². The molecule has 5 aromatic rings. The number of likely N-dealkylation sites (tertiary alicyclic amines) is 1. The van der Waals surface area contributed by atoms with E-state index < -0.39 is 0 Å². The number of hydrogen-bond donors (Lipinski definition) is 3. The molecule has 1 amide bonds. The highest BCUT2D eigenvalue weighted by atomic mass is 19.1. The summed E-state index contributed by atoms with van der Waals surface area (Å²) in [5.41, 5.74) is 6.00. The molecule has 1 aliphatic rings. The van der Waals surface area contributed by atoms with Crippen molar-refractivity contribution in [2.45, 2.75) is 39.3 Å². The van der Waals surface area contributed by atoms with Gasteiger partial charge in [-0.3, -0.25) is 9.78 Å². The molecule has 0 bridgehead atoms. The molecule has 3 heterocycles. The van der Waals surface area contributed by atoms with Crippen LogP contribution >= 0.6 is 0 Å². The zero-order chi connectivity index (χ0) is 29.8. The Labute approximate surface area is 250 Å². The molecule has 0 spiro atoms. The van der Waals surface area contributed by atoms with E-state index in [4.69, 9.17) is 0 Å². The highest BCUT2D eigenvalue weighted by molar-refractivity contribution is 5.94. The predicted molar refractivity (Wildman–Crippen MR) is 168 cm³/mol.